The van der Waals surface area contributed by atoms with Crippen LogP contribution < -0.4 is 5.73 Å². The number of hydrogen-bond donors (Lipinski definition) is 5. The van der Waals surface area contributed by atoms with Crippen molar-refractivity contribution in [3.05, 3.63) is 12.3 Å². The Morgan fingerprint density at radius 1 is 1.37 bits per heavy atom. The van der Waals surface area contributed by atoms with Crippen molar-refractivity contribution >= 4 is 33.4 Å². The van der Waals surface area contributed by atoms with Crippen molar-refractivity contribution in [2.24, 2.45) is 10.7 Å². The van der Waals surface area contributed by atoms with Crippen LogP contribution in [0, 0.1) is 0 Å². The predicted molar refractivity (Wildman–Crippen MR) is 72.1 cm³/mol. The van der Waals surface area contributed by atoms with E-state index in [9.17, 15) is 9.13 Å². The van der Waals surface area contributed by atoms with E-state index in [1.54, 1.807) is 13.1 Å². The fourth-order valence-corrected chi connectivity index (χ4v) is 3.39. The molecule has 0 unspecified atom stereocenters. The Kier molecular flexibility index (Phi) is 5.96. The summed E-state index contributed by atoms with van der Waals surface area (Å²) in [7, 11) is -8.87. The highest BCUT2D eigenvalue weighted by molar-refractivity contribution is 7.72. The fourth-order valence-electron chi connectivity index (χ4n) is 1.34. The summed E-state index contributed by atoms with van der Waals surface area (Å²) in [4.78, 5) is 41.7. The van der Waals surface area contributed by atoms with Crippen LogP contribution in [-0.4, -0.2) is 48.9 Å². The Morgan fingerprint density at radius 2 is 1.84 bits per heavy atom. The maximum atomic E-state index is 11.3. The lowest BCUT2D eigenvalue weighted by Gasteiger charge is -2.33. The van der Waals surface area contributed by atoms with Gasteiger partial charge in [0.1, 0.15) is 5.84 Å². The Bertz CT molecular complexity index is 461. The van der Waals surface area contributed by atoms with E-state index in [1.165, 1.54) is 11.1 Å². The second-order valence-corrected chi connectivity index (χ2v) is 8.08. The first-order chi connectivity index (χ1) is 7.99. The van der Waals surface area contributed by atoms with E-state index in [0.717, 1.165) is 0 Å². The van der Waals surface area contributed by atoms with Gasteiger partial charge in [0.25, 0.3) is 0 Å². The Labute approximate surface area is 115 Å². The first-order valence-electron chi connectivity index (χ1n) is 4.82. The minimum absolute atomic E-state index is 0. The van der Waals surface area contributed by atoms with Gasteiger partial charge in [0.15, 0.2) is 0 Å². The molecule has 0 aromatic rings. The molecule has 0 saturated carbocycles. The quantitative estimate of drug-likeness (QED) is 0.435. The first kappa shape index (κ1) is 18.8. The third-order valence-electron chi connectivity index (χ3n) is 2.58. The summed E-state index contributed by atoms with van der Waals surface area (Å²) >= 11 is 0. The van der Waals surface area contributed by atoms with Gasteiger partial charge in [-0.15, -0.1) is 12.4 Å². The summed E-state index contributed by atoms with van der Waals surface area (Å²) in [6.07, 6.45) is 2.34. The van der Waals surface area contributed by atoms with Gasteiger partial charge in [-0.25, -0.2) is 4.99 Å². The van der Waals surface area contributed by atoms with E-state index >= 15 is 0 Å². The average molecular weight is 336 g/mol. The molecule has 0 aliphatic carbocycles. The van der Waals surface area contributed by atoms with Crippen molar-refractivity contribution in [3.63, 3.8) is 0 Å². The largest absolute Gasteiger partial charge is 0.359 e. The molecule has 112 valence electrons. The zero-order valence-corrected chi connectivity index (χ0v) is 12.6. The molecule has 6 N–H and O–H groups in total. The molecule has 0 aromatic carbocycles. The van der Waals surface area contributed by atoms with E-state index in [-0.39, 0.29) is 18.2 Å². The van der Waals surface area contributed by atoms with Gasteiger partial charge in [0.05, 0.1) is 0 Å². The molecule has 1 rings (SSSR count). The van der Waals surface area contributed by atoms with Crippen LogP contribution in [0.1, 0.15) is 6.42 Å². The molecule has 9 nitrogen and oxygen atoms in total. The van der Waals surface area contributed by atoms with Crippen LogP contribution in [0.2, 0.25) is 0 Å². The predicted octanol–water partition coefficient (Wildman–Crippen LogP) is -0.376. The molecule has 0 bridgehead atoms. The lowest BCUT2D eigenvalue weighted by atomic mass is 10.3. The van der Waals surface area contributed by atoms with Gasteiger partial charge in [-0.2, -0.15) is 0 Å². The van der Waals surface area contributed by atoms with Gasteiger partial charge in [-0.3, -0.25) is 9.13 Å². The fraction of sp³-hybridized carbons (Fsp3) is 0.571. The van der Waals surface area contributed by atoms with Crippen molar-refractivity contribution in [3.8, 4) is 0 Å². The molecule has 1 aliphatic heterocycles. The van der Waals surface area contributed by atoms with Crippen LogP contribution in [0.4, 0.5) is 0 Å². The number of amidine groups is 1. The van der Waals surface area contributed by atoms with Crippen LogP contribution >= 0.6 is 27.6 Å². The van der Waals surface area contributed by atoms with Crippen molar-refractivity contribution in [1.82, 2.24) is 4.90 Å². The van der Waals surface area contributed by atoms with Gasteiger partial charge in [-0.1, -0.05) is 0 Å². The summed E-state index contributed by atoms with van der Waals surface area (Å²) in [6, 6.07) is 0. The van der Waals surface area contributed by atoms with Gasteiger partial charge in [0, 0.05) is 26.2 Å². The van der Waals surface area contributed by atoms with Crippen LogP contribution in [-0.2, 0) is 9.13 Å². The zero-order valence-electron chi connectivity index (χ0n) is 9.95. The molecule has 0 radical (unpaired) electrons. The molecule has 1 aliphatic rings. The molecule has 1 heterocycles. The number of rotatable bonds is 4. The number of hydrogen-bond acceptors (Lipinski definition) is 5. The Balaban J connectivity index is 0.00000324. The summed E-state index contributed by atoms with van der Waals surface area (Å²) < 4.78 is 22.5. The van der Waals surface area contributed by atoms with Gasteiger partial charge >= 0.3 is 15.2 Å². The Hall–Kier alpha value is -0.240. The zero-order chi connectivity index (χ0) is 14.2. The molecule has 0 amide bonds. The average Bonchev–Trinajstić information content (AvgIpc) is 2.18. The molecule has 19 heavy (non-hydrogen) atoms. The van der Waals surface area contributed by atoms with Crippen molar-refractivity contribution in [2.75, 3.05) is 13.6 Å². The third-order valence-corrected chi connectivity index (χ3v) is 6.47. The number of nitrogens with two attached hydrogens (primary N) is 1. The highest BCUT2D eigenvalue weighted by Crippen LogP contribution is 2.67. The van der Waals surface area contributed by atoms with Gasteiger partial charge in [0.2, 0.25) is 5.02 Å². The Morgan fingerprint density at radius 3 is 2.21 bits per heavy atom. The van der Waals surface area contributed by atoms with E-state index in [2.05, 4.69) is 4.99 Å². The highest BCUT2D eigenvalue weighted by Gasteiger charge is 2.58. The van der Waals surface area contributed by atoms with Crippen molar-refractivity contribution < 1.29 is 28.7 Å². The minimum atomic E-state index is -5.22. The summed E-state index contributed by atoms with van der Waals surface area (Å²) in [5, 5.41) is -2.96. The van der Waals surface area contributed by atoms with Gasteiger partial charge < -0.3 is 30.2 Å². The number of halogens is 1. The van der Waals surface area contributed by atoms with Crippen molar-refractivity contribution in [1.29, 1.82) is 0 Å². The van der Waals surface area contributed by atoms with E-state index in [1.807, 2.05) is 0 Å². The normalized spacial score (nSPS) is 16.9. The molecule has 12 heteroatoms. The summed E-state index contributed by atoms with van der Waals surface area (Å²) in [5.74, 6) is 0.103. The van der Waals surface area contributed by atoms with Crippen LogP contribution in [0.25, 0.3) is 0 Å². The van der Waals surface area contributed by atoms with Crippen molar-refractivity contribution in [2.45, 2.75) is 11.4 Å². The number of aliphatic imine (C=N–C) groups is 1. The molecular weight excluding hydrogens is 319 g/mol. The summed E-state index contributed by atoms with van der Waals surface area (Å²) in [5.41, 5.74) is 5.29. The molecule has 0 aromatic heterocycles. The van der Waals surface area contributed by atoms with Crippen LogP contribution in [0.3, 0.4) is 0 Å². The number of likely N-dealkylation sites (N-methyl/N-ethyl adjacent to an activating group) is 1. The standard InChI is InChI=1S/C7H15N3O6P2.ClH/c1-10-4-2-3-9-6(10)5-7(8,17(11,12)13)18(14,15)16;/h2-3H,4-5,8H2,1H3,(H2,11,12,13)(H2,14,15,16);1H. The third kappa shape index (κ3) is 3.87. The number of nitrogens with zero attached hydrogens (tertiary/aromatic N) is 2. The topological polar surface area (TPSA) is 157 Å². The highest BCUT2D eigenvalue weighted by atomic mass is 35.5. The van der Waals surface area contributed by atoms with Crippen LogP contribution in [0.5, 0.6) is 0 Å². The molecular formula is C7H16ClN3O6P2. The monoisotopic (exact) mass is 335 g/mol. The van der Waals surface area contributed by atoms with Gasteiger partial charge in [-0.05, 0) is 6.08 Å². The first-order valence-corrected chi connectivity index (χ1v) is 8.04. The molecule has 0 atom stereocenters. The molecule has 0 fully saturated rings. The molecule has 0 spiro atoms. The van der Waals surface area contributed by atoms with E-state index in [4.69, 9.17) is 25.3 Å². The van der Waals surface area contributed by atoms with Crippen LogP contribution in [0.15, 0.2) is 17.3 Å². The van der Waals surface area contributed by atoms with E-state index in [0.29, 0.717) is 6.54 Å². The minimum Gasteiger partial charge on any atom is -0.359 e. The maximum absolute atomic E-state index is 11.3. The molecule has 0 saturated heterocycles. The second kappa shape index (κ2) is 6.03. The summed E-state index contributed by atoms with van der Waals surface area (Å²) in [6.45, 7) is 0.414. The van der Waals surface area contributed by atoms with E-state index < -0.39 is 26.6 Å². The lowest BCUT2D eigenvalue weighted by molar-refractivity contribution is 0.308. The second-order valence-electron chi connectivity index (χ2n) is 3.95. The lowest BCUT2D eigenvalue weighted by Crippen LogP contribution is -2.45. The SMILES string of the molecule is CN1CC=CN=C1CC(N)(P(=O)(O)O)P(=O)(O)O.Cl. The maximum Gasteiger partial charge on any atom is 0.358 e. The smallest absolute Gasteiger partial charge is 0.358 e.